The predicted octanol–water partition coefficient (Wildman–Crippen LogP) is 12.1. The molecule has 0 nitrogen and oxygen atoms in total. The minimum absolute atomic E-state index is 0.0434. The van der Waals surface area contributed by atoms with Crippen LogP contribution in [0, 0.1) is 29.1 Å². The first kappa shape index (κ1) is 33.5. The number of hydrogen-bond donors (Lipinski definition) is 0. The van der Waals surface area contributed by atoms with Gasteiger partial charge in [0.2, 0.25) is 0 Å². The highest BCUT2D eigenvalue weighted by molar-refractivity contribution is 5.85. The van der Waals surface area contributed by atoms with Crippen molar-refractivity contribution in [2.75, 3.05) is 0 Å². The van der Waals surface area contributed by atoms with Crippen molar-refractivity contribution < 1.29 is 48.3 Å². The van der Waals surface area contributed by atoms with Gasteiger partial charge in [0.1, 0.15) is 34.9 Å². The molecule has 0 N–H and O–H groups in total. The zero-order valence-corrected chi connectivity index (χ0v) is 23.4. The molecule has 45 heavy (non-hydrogen) atoms. The number of hydrogen-bond acceptors (Lipinski definition) is 0. The van der Waals surface area contributed by atoms with Crippen molar-refractivity contribution in [2.45, 2.75) is 38.8 Å². The molecule has 11 heteroatoms. The third kappa shape index (κ3) is 7.82. The molecule has 0 aliphatic carbocycles. The lowest BCUT2D eigenvalue weighted by molar-refractivity contribution is -0.0798. The molecule has 0 saturated carbocycles. The summed E-state index contributed by atoms with van der Waals surface area (Å²) in [5.74, 6) is -15.2. The Morgan fingerprint density at radius 3 is 1.67 bits per heavy atom. The van der Waals surface area contributed by atoms with Gasteiger partial charge in [0.15, 0.2) is 11.7 Å². The maximum absolute atomic E-state index is 15.1. The van der Waals surface area contributed by atoms with E-state index in [4.69, 9.17) is 0 Å². The summed E-state index contributed by atoms with van der Waals surface area (Å²) < 4.78 is 154. The van der Waals surface area contributed by atoms with Crippen LogP contribution in [0.3, 0.4) is 0 Å². The lowest BCUT2D eigenvalue weighted by atomic mass is 9.97. The highest BCUT2D eigenvalue weighted by atomic mass is 19.4. The summed E-state index contributed by atoms with van der Waals surface area (Å²) in [6.45, 7) is 2.10. The van der Waals surface area contributed by atoms with Gasteiger partial charge in [-0.1, -0.05) is 56.2 Å². The molecule has 4 aromatic rings. The number of benzene rings is 4. The van der Waals surface area contributed by atoms with Gasteiger partial charge in [-0.05, 0) is 65.4 Å². The number of allylic oxidation sites excluding steroid dienone is 1. The maximum atomic E-state index is 15.1. The fraction of sp³-hybridized carbons (Fsp3) is 0.176. The third-order valence-corrected chi connectivity index (χ3v) is 6.92. The Labute approximate surface area is 251 Å². The second-order valence-corrected chi connectivity index (χ2v) is 10.1. The Morgan fingerprint density at radius 1 is 0.600 bits per heavy atom. The van der Waals surface area contributed by atoms with E-state index in [0.29, 0.717) is 23.3 Å². The first-order valence-electron chi connectivity index (χ1n) is 13.6. The zero-order valence-electron chi connectivity index (χ0n) is 23.4. The number of alkyl halides is 3. The second kappa shape index (κ2) is 13.7. The summed E-state index contributed by atoms with van der Waals surface area (Å²) in [5, 5.41) is 0. The van der Waals surface area contributed by atoms with E-state index < -0.39 is 75.5 Å². The van der Waals surface area contributed by atoms with Crippen molar-refractivity contribution in [3.05, 3.63) is 124 Å². The molecule has 0 amide bonds. The van der Waals surface area contributed by atoms with Gasteiger partial charge in [-0.2, -0.15) is 13.2 Å². The SMILES string of the molecule is CCCCCc1ccc(-c2ccc(-c3cc(F)c(C(F)=C(F)c4cc(F)c(C(F)=CC(F)(F)F)c(F)c4)c(F)c3)c(F)c2)cc1. The van der Waals surface area contributed by atoms with Gasteiger partial charge in [0.25, 0.3) is 0 Å². The predicted molar refractivity (Wildman–Crippen MR) is 151 cm³/mol. The molecule has 0 heterocycles. The first-order valence-corrected chi connectivity index (χ1v) is 13.6. The van der Waals surface area contributed by atoms with Crippen LogP contribution in [0.2, 0.25) is 0 Å². The van der Waals surface area contributed by atoms with Gasteiger partial charge in [0, 0.05) is 11.1 Å². The molecule has 0 saturated heterocycles. The summed E-state index contributed by atoms with van der Waals surface area (Å²) in [6, 6.07) is 12.3. The van der Waals surface area contributed by atoms with Crippen LogP contribution in [0.15, 0.2) is 72.8 Å². The Bertz CT molecular complexity index is 1720. The topological polar surface area (TPSA) is 0 Å². The van der Waals surface area contributed by atoms with Crippen LogP contribution in [0.1, 0.15) is 48.4 Å². The van der Waals surface area contributed by atoms with Crippen LogP contribution >= 0.6 is 0 Å². The molecule has 0 aliphatic heterocycles. The number of halogens is 11. The molecule has 0 fully saturated rings. The minimum atomic E-state index is -5.29. The first-order chi connectivity index (χ1) is 21.2. The summed E-state index contributed by atoms with van der Waals surface area (Å²) in [6.07, 6.45) is -2.22. The van der Waals surface area contributed by atoms with Gasteiger partial charge >= 0.3 is 6.18 Å². The van der Waals surface area contributed by atoms with Crippen molar-refractivity contribution in [2.24, 2.45) is 0 Å². The Morgan fingerprint density at radius 2 is 1.13 bits per heavy atom. The van der Waals surface area contributed by atoms with Crippen LogP contribution in [-0.2, 0) is 6.42 Å². The largest absolute Gasteiger partial charge is 0.412 e. The average Bonchev–Trinajstić information content (AvgIpc) is 2.95. The fourth-order valence-corrected chi connectivity index (χ4v) is 4.69. The summed E-state index contributed by atoms with van der Waals surface area (Å²) in [4.78, 5) is 0. The smallest absolute Gasteiger partial charge is 0.206 e. The molecule has 236 valence electrons. The van der Waals surface area contributed by atoms with Gasteiger partial charge < -0.3 is 0 Å². The zero-order chi connectivity index (χ0) is 33.1. The van der Waals surface area contributed by atoms with Gasteiger partial charge in [-0.25, -0.2) is 35.1 Å². The van der Waals surface area contributed by atoms with E-state index in [1.165, 1.54) is 12.1 Å². The van der Waals surface area contributed by atoms with Gasteiger partial charge in [-0.15, -0.1) is 0 Å². The van der Waals surface area contributed by atoms with E-state index in [1.807, 2.05) is 24.3 Å². The molecule has 0 aliphatic rings. The number of unbranched alkanes of at least 4 members (excludes halogenated alkanes) is 2. The quantitative estimate of drug-likeness (QED) is 0.0970. The highest BCUT2D eigenvalue weighted by Gasteiger charge is 2.29. The Hall–Kier alpha value is -4.41. The van der Waals surface area contributed by atoms with Crippen LogP contribution < -0.4 is 0 Å². The molecule has 0 bridgehead atoms. The lowest BCUT2D eigenvalue weighted by Gasteiger charge is -2.11. The average molecular weight is 641 g/mol. The highest BCUT2D eigenvalue weighted by Crippen LogP contribution is 2.37. The Balaban J connectivity index is 1.64. The van der Waals surface area contributed by atoms with E-state index in [0.717, 1.165) is 37.3 Å². The van der Waals surface area contributed by atoms with Crippen molar-refractivity contribution in [1.82, 2.24) is 0 Å². The molecule has 0 aromatic heterocycles. The monoisotopic (exact) mass is 640 g/mol. The fourth-order valence-electron chi connectivity index (χ4n) is 4.69. The second-order valence-electron chi connectivity index (χ2n) is 10.1. The van der Waals surface area contributed by atoms with Crippen molar-refractivity contribution in [1.29, 1.82) is 0 Å². The van der Waals surface area contributed by atoms with Crippen molar-refractivity contribution in [3.8, 4) is 22.3 Å². The van der Waals surface area contributed by atoms with Crippen LogP contribution in [-0.4, -0.2) is 6.18 Å². The molecular weight excluding hydrogens is 617 g/mol. The molecule has 0 spiro atoms. The van der Waals surface area contributed by atoms with Crippen molar-refractivity contribution in [3.63, 3.8) is 0 Å². The number of aryl methyl sites for hydroxylation is 1. The Kier molecular flexibility index (Phi) is 10.2. The minimum Gasteiger partial charge on any atom is -0.206 e. The number of rotatable bonds is 9. The summed E-state index contributed by atoms with van der Waals surface area (Å²) in [5.41, 5.74) is -3.07. The van der Waals surface area contributed by atoms with E-state index >= 15 is 4.39 Å². The lowest BCUT2D eigenvalue weighted by Crippen LogP contribution is -2.04. The van der Waals surface area contributed by atoms with E-state index in [2.05, 4.69) is 6.92 Å². The normalized spacial score (nSPS) is 12.8. The summed E-state index contributed by atoms with van der Waals surface area (Å²) >= 11 is 0. The molecule has 4 rings (SSSR count). The van der Waals surface area contributed by atoms with E-state index in [-0.39, 0.29) is 23.3 Å². The van der Waals surface area contributed by atoms with E-state index in [1.54, 1.807) is 0 Å². The van der Waals surface area contributed by atoms with Crippen LogP contribution in [0.4, 0.5) is 48.3 Å². The molecule has 4 aromatic carbocycles. The van der Waals surface area contributed by atoms with Crippen LogP contribution in [0.5, 0.6) is 0 Å². The van der Waals surface area contributed by atoms with Crippen molar-refractivity contribution >= 4 is 17.5 Å². The van der Waals surface area contributed by atoms with Crippen LogP contribution in [0.25, 0.3) is 39.7 Å². The molecular formula is C34H23F11. The maximum Gasteiger partial charge on any atom is 0.412 e. The standard InChI is InChI=1S/C34H23F11/c1-2-3-4-5-18-6-8-19(9-7-18)20-10-11-23(24(35)12-20)21-13-27(38)31(28(39)14-21)33(42)32(41)22-15-25(36)30(26(37)16-22)29(40)17-34(43,44)45/h6-17H,2-5H2,1H3. The molecule has 0 radical (unpaired) electrons. The summed E-state index contributed by atoms with van der Waals surface area (Å²) in [7, 11) is 0. The molecule has 0 unspecified atom stereocenters. The van der Waals surface area contributed by atoms with Gasteiger partial charge in [-0.3, -0.25) is 0 Å². The van der Waals surface area contributed by atoms with Gasteiger partial charge in [0.05, 0.1) is 17.2 Å². The van der Waals surface area contributed by atoms with E-state index in [9.17, 15) is 43.9 Å². The molecule has 0 atom stereocenters. The third-order valence-electron chi connectivity index (χ3n) is 6.92.